The van der Waals surface area contributed by atoms with Crippen molar-refractivity contribution in [2.24, 2.45) is 5.10 Å². The maximum atomic E-state index is 13.0. The lowest BCUT2D eigenvalue weighted by Crippen LogP contribution is -2.24. The van der Waals surface area contributed by atoms with E-state index in [9.17, 15) is 18.5 Å². The van der Waals surface area contributed by atoms with Gasteiger partial charge in [0.2, 0.25) is 0 Å². The number of aromatic nitrogens is 2. The number of halogens is 1. The SMILES string of the molecule is CN(C)c1ccc([N+](=O)[O-])cc1S(=O)(=O)N(C)/N=C\c1cnn2ccc(Br)cc12. The highest BCUT2D eigenvalue weighted by molar-refractivity contribution is 9.10. The molecule has 0 fully saturated rings. The monoisotopic (exact) mass is 480 g/mol. The fourth-order valence-corrected chi connectivity index (χ4v) is 4.19. The van der Waals surface area contributed by atoms with Crippen molar-refractivity contribution in [1.82, 2.24) is 14.0 Å². The highest BCUT2D eigenvalue weighted by Crippen LogP contribution is 2.30. The third-order valence-corrected chi connectivity index (χ3v) is 6.30. The van der Waals surface area contributed by atoms with Gasteiger partial charge in [-0.25, -0.2) is 4.52 Å². The molecular weight excluding hydrogens is 464 g/mol. The predicted octanol–water partition coefficient (Wildman–Crippen LogP) is 2.73. The summed E-state index contributed by atoms with van der Waals surface area (Å²) in [5.74, 6) is 0. The number of sulfonamides is 1. The summed E-state index contributed by atoms with van der Waals surface area (Å²) in [4.78, 5) is 11.8. The summed E-state index contributed by atoms with van der Waals surface area (Å²) >= 11 is 3.38. The zero-order chi connectivity index (χ0) is 21.3. The molecular formula is C17H17BrN6O4S. The molecule has 0 aliphatic rings. The number of pyridine rings is 1. The minimum atomic E-state index is -4.13. The van der Waals surface area contributed by atoms with Crippen LogP contribution in [0.5, 0.6) is 0 Å². The first-order valence-electron chi connectivity index (χ1n) is 8.23. The van der Waals surface area contributed by atoms with Crippen LogP contribution in [0.4, 0.5) is 11.4 Å². The van der Waals surface area contributed by atoms with Crippen molar-refractivity contribution in [3.8, 4) is 0 Å². The Labute approximate surface area is 175 Å². The van der Waals surface area contributed by atoms with Gasteiger partial charge >= 0.3 is 0 Å². The molecule has 0 saturated heterocycles. The van der Waals surface area contributed by atoms with Crippen LogP contribution in [0.15, 0.2) is 57.2 Å². The summed E-state index contributed by atoms with van der Waals surface area (Å²) in [6, 6.07) is 7.33. The van der Waals surface area contributed by atoms with Crippen molar-refractivity contribution in [3.05, 3.63) is 62.9 Å². The third-order valence-electron chi connectivity index (χ3n) is 4.13. The van der Waals surface area contributed by atoms with Crippen molar-refractivity contribution in [3.63, 3.8) is 0 Å². The summed E-state index contributed by atoms with van der Waals surface area (Å²) in [7, 11) is 0.443. The highest BCUT2D eigenvalue weighted by atomic mass is 79.9. The molecule has 0 saturated carbocycles. The molecule has 0 radical (unpaired) electrons. The molecule has 0 N–H and O–H groups in total. The van der Waals surface area contributed by atoms with Crippen LogP contribution < -0.4 is 4.90 Å². The first kappa shape index (κ1) is 20.7. The van der Waals surface area contributed by atoms with Gasteiger partial charge in [0.15, 0.2) is 0 Å². The van der Waals surface area contributed by atoms with Crippen LogP contribution in [-0.2, 0) is 10.0 Å². The number of rotatable bonds is 6. The minimum absolute atomic E-state index is 0.209. The summed E-state index contributed by atoms with van der Waals surface area (Å²) in [5, 5.41) is 19.3. The van der Waals surface area contributed by atoms with E-state index in [1.54, 1.807) is 35.9 Å². The van der Waals surface area contributed by atoms with Crippen molar-refractivity contribution in [1.29, 1.82) is 0 Å². The van der Waals surface area contributed by atoms with Crippen LogP contribution in [0.3, 0.4) is 0 Å². The highest BCUT2D eigenvalue weighted by Gasteiger charge is 2.27. The number of hydrogen-bond acceptors (Lipinski definition) is 7. The standard InChI is InChI=1S/C17H17BrN6O4S/c1-21(2)15-5-4-14(24(25)26)9-17(15)29(27,28)22(3)19-10-12-11-20-23-7-6-13(18)8-16(12)23/h4-11H,1-3H3/b19-10-. The normalized spacial score (nSPS) is 11.9. The molecule has 0 spiro atoms. The molecule has 12 heteroatoms. The average Bonchev–Trinajstić information content (AvgIpc) is 3.07. The fourth-order valence-electron chi connectivity index (χ4n) is 2.61. The molecule has 29 heavy (non-hydrogen) atoms. The topological polar surface area (TPSA) is 113 Å². The van der Waals surface area contributed by atoms with Crippen molar-refractivity contribution in [2.75, 3.05) is 26.0 Å². The van der Waals surface area contributed by atoms with Gasteiger partial charge in [0.1, 0.15) is 4.90 Å². The Balaban J connectivity index is 2.00. The van der Waals surface area contributed by atoms with Crippen LogP contribution in [0, 0.1) is 10.1 Å². The van der Waals surface area contributed by atoms with Gasteiger partial charge in [-0.3, -0.25) is 10.1 Å². The molecule has 3 rings (SSSR count). The number of fused-ring (bicyclic) bond motifs is 1. The van der Waals surface area contributed by atoms with E-state index in [2.05, 4.69) is 26.1 Å². The second-order valence-corrected chi connectivity index (χ2v) is 9.10. The van der Waals surface area contributed by atoms with E-state index in [0.29, 0.717) is 11.3 Å². The molecule has 0 bridgehead atoms. The largest absolute Gasteiger partial charge is 0.377 e. The fraction of sp³-hybridized carbons (Fsp3) is 0.176. The number of hydrogen-bond donors (Lipinski definition) is 0. The smallest absolute Gasteiger partial charge is 0.281 e. The number of anilines is 1. The molecule has 2 heterocycles. The molecule has 1 aromatic carbocycles. The molecule has 0 atom stereocenters. The Bertz CT molecular complexity index is 1220. The lowest BCUT2D eigenvalue weighted by atomic mass is 10.2. The van der Waals surface area contributed by atoms with E-state index in [0.717, 1.165) is 20.5 Å². The summed E-state index contributed by atoms with van der Waals surface area (Å²) < 4.78 is 29.3. The Morgan fingerprint density at radius 1 is 1.24 bits per heavy atom. The number of nitrogens with zero attached hydrogens (tertiary/aromatic N) is 6. The lowest BCUT2D eigenvalue weighted by Gasteiger charge is -2.20. The van der Waals surface area contributed by atoms with Gasteiger partial charge in [-0.2, -0.15) is 23.0 Å². The summed E-state index contributed by atoms with van der Waals surface area (Å²) in [6.07, 6.45) is 4.69. The maximum Gasteiger partial charge on any atom is 0.281 e. The zero-order valence-electron chi connectivity index (χ0n) is 15.7. The van der Waals surface area contributed by atoms with Crippen molar-refractivity contribution < 1.29 is 13.3 Å². The van der Waals surface area contributed by atoms with Gasteiger partial charge in [-0.05, 0) is 18.2 Å². The lowest BCUT2D eigenvalue weighted by molar-refractivity contribution is -0.385. The Kier molecular flexibility index (Phi) is 5.57. The van der Waals surface area contributed by atoms with Crippen LogP contribution in [0.1, 0.15) is 5.56 Å². The maximum absolute atomic E-state index is 13.0. The Morgan fingerprint density at radius 3 is 2.62 bits per heavy atom. The van der Waals surface area contributed by atoms with Crippen LogP contribution in [0.25, 0.3) is 5.52 Å². The van der Waals surface area contributed by atoms with Gasteiger partial charge in [-0.1, -0.05) is 15.9 Å². The number of benzene rings is 1. The molecule has 0 unspecified atom stereocenters. The van der Waals surface area contributed by atoms with Gasteiger partial charge in [-0.15, -0.1) is 0 Å². The molecule has 0 aliphatic carbocycles. The third kappa shape index (κ3) is 4.07. The van der Waals surface area contributed by atoms with E-state index < -0.39 is 14.9 Å². The first-order valence-corrected chi connectivity index (χ1v) is 10.5. The number of nitro groups is 1. The predicted molar refractivity (Wildman–Crippen MR) is 113 cm³/mol. The first-order chi connectivity index (χ1) is 13.6. The van der Waals surface area contributed by atoms with E-state index in [4.69, 9.17) is 0 Å². The quantitative estimate of drug-likeness (QED) is 0.304. The van der Waals surface area contributed by atoms with Crippen molar-refractivity contribution in [2.45, 2.75) is 4.90 Å². The van der Waals surface area contributed by atoms with Gasteiger partial charge in [0, 0.05) is 49.5 Å². The van der Waals surface area contributed by atoms with Crippen molar-refractivity contribution >= 4 is 49.1 Å². The molecule has 2 aromatic heterocycles. The minimum Gasteiger partial charge on any atom is -0.377 e. The number of non-ortho nitro benzene ring substituents is 1. The molecule has 152 valence electrons. The molecule has 3 aromatic rings. The summed E-state index contributed by atoms with van der Waals surface area (Å²) in [5.41, 5.74) is 1.34. The van der Waals surface area contributed by atoms with Gasteiger partial charge in [0.05, 0.1) is 28.5 Å². The van der Waals surface area contributed by atoms with Gasteiger partial charge in [0.25, 0.3) is 15.7 Å². The number of hydrazone groups is 1. The number of nitro benzene ring substituents is 1. The average molecular weight is 481 g/mol. The van der Waals surface area contributed by atoms with E-state index >= 15 is 0 Å². The van der Waals surface area contributed by atoms with E-state index in [-0.39, 0.29) is 10.6 Å². The van der Waals surface area contributed by atoms with Gasteiger partial charge < -0.3 is 4.90 Å². The molecule has 10 nitrogen and oxygen atoms in total. The van der Waals surface area contributed by atoms with Crippen LogP contribution >= 0.6 is 15.9 Å². The second kappa shape index (κ2) is 7.79. The van der Waals surface area contributed by atoms with Crippen LogP contribution in [0.2, 0.25) is 0 Å². The van der Waals surface area contributed by atoms with Crippen LogP contribution in [-0.4, -0.2) is 54.7 Å². The Morgan fingerprint density at radius 2 is 1.97 bits per heavy atom. The Hall–Kier alpha value is -2.99. The van der Waals surface area contributed by atoms with E-state index in [1.165, 1.54) is 25.4 Å². The molecule has 0 aliphatic heterocycles. The zero-order valence-corrected chi connectivity index (χ0v) is 18.1. The molecule has 0 amide bonds. The van der Waals surface area contributed by atoms with E-state index in [1.807, 2.05) is 12.1 Å². The second-order valence-electron chi connectivity index (χ2n) is 6.26. The summed E-state index contributed by atoms with van der Waals surface area (Å²) in [6.45, 7) is 0.